The van der Waals surface area contributed by atoms with Gasteiger partial charge in [-0.3, -0.25) is 9.59 Å². The third kappa shape index (κ3) is 4.85. The average Bonchev–Trinajstić information content (AvgIpc) is 2.50. The van der Waals surface area contributed by atoms with Gasteiger partial charge in [0.2, 0.25) is 5.91 Å². The lowest BCUT2D eigenvalue weighted by Crippen LogP contribution is -2.15. The number of aromatic nitrogens is 1. The molecule has 0 aliphatic heterocycles. The highest BCUT2D eigenvalue weighted by Crippen LogP contribution is 2.14. The van der Waals surface area contributed by atoms with Crippen molar-refractivity contribution in [3.8, 4) is 0 Å². The van der Waals surface area contributed by atoms with E-state index >= 15 is 0 Å². The topological polar surface area (TPSA) is 71.1 Å². The summed E-state index contributed by atoms with van der Waals surface area (Å²) in [6.45, 7) is 0. The standard InChI is InChI=1S/C15H14BrN3O2S/c16-11-4-5-13(17-9-11)19-15(21)10-2-1-3-12(8-10)18-14(20)6-7-22/h1-5,8-9,22H,6-7H2,(H,18,20)(H,17,19,21). The number of nitrogens with zero attached hydrogens (tertiary/aromatic N) is 1. The number of benzene rings is 1. The number of halogens is 1. The molecule has 0 fully saturated rings. The second-order valence-electron chi connectivity index (χ2n) is 4.42. The SMILES string of the molecule is O=C(CCS)Nc1cccc(C(=O)Nc2ccc(Br)cn2)c1. The van der Waals surface area contributed by atoms with E-state index in [0.29, 0.717) is 29.2 Å². The minimum atomic E-state index is -0.292. The van der Waals surface area contributed by atoms with E-state index in [0.717, 1.165) is 4.47 Å². The van der Waals surface area contributed by atoms with Gasteiger partial charge in [0.25, 0.3) is 5.91 Å². The molecular formula is C15H14BrN3O2S. The minimum Gasteiger partial charge on any atom is -0.326 e. The second-order valence-corrected chi connectivity index (χ2v) is 5.78. The average molecular weight is 380 g/mol. The van der Waals surface area contributed by atoms with Crippen LogP contribution in [0.15, 0.2) is 47.1 Å². The van der Waals surface area contributed by atoms with Crippen LogP contribution in [0.25, 0.3) is 0 Å². The number of hydrogen-bond donors (Lipinski definition) is 3. The summed E-state index contributed by atoms with van der Waals surface area (Å²) in [4.78, 5) is 27.8. The fraction of sp³-hybridized carbons (Fsp3) is 0.133. The van der Waals surface area contributed by atoms with Gasteiger partial charge in [-0.2, -0.15) is 12.6 Å². The molecule has 114 valence electrons. The summed E-state index contributed by atoms with van der Waals surface area (Å²) in [6, 6.07) is 10.2. The first-order valence-electron chi connectivity index (χ1n) is 6.52. The van der Waals surface area contributed by atoms with Crippen LogP contribution in [0.5, 0.6) is 0 Å². The Balaban J connectivity index is 2.06. The molecule has 2 N–H and O–H groups in total. The molecule has 1 aromatic carbocycles. The molecule has 0 spiro atoms. The van der Waals surface area contributed by atoms with Crippen molar-refractivity contribution in [3.63, 3.8) is 0 Å². The Kier molecular flexibility index (Phi) is 5.97. The Hall–Kier alpha value is -1.86. The number of carbonyl (C=O) groups excluding carboxylic acids is 2. The molecule has 0 unspecified atom stereocenters. The van der Waals surface area contributed by atoms with Gasteiger partial charge in [-0.1, -0.05) is 6.07 Å². The molecule has 2 rings (SSSR count). The van der Waals surface area contributed by atoms with Crippen LogP contribution in [0.3, 0.4) is 0 Å². The number of amides is 2. The summed E-state index contributed by atoms with van der Waals surface area (Å²) in [7, 11) is 0. The van der Waals surface area contributed by atoms with Crippen LogP contribution in [0.1, 0.15) is 16.8 Å². The van der Waals surface area contributed by atoms with E-state index < -0.39 is 0 Å². The van der Waals surface area contributed by atoms with Crippen molar-refractivity contribution < 1.29 is 9.59 Å². The molecule has 0 saturated carbocycles. The van der Waals surface area contributed by atoms with Crippen LogP contribution >= 0.6 is 28.6 Å². The van der Waals surface area contributed by atoms with E-state index in [9.17, 15) is 9.59 Å². The molecule has 7 heteroatoms. The summed E-state index contributed by atoms with van der Waals surface area (Å²) in [5, 5.41) is 5.42. The van der Waals surface area contributed by atoms with Gasteiger partial charge < -0.3 is 10.6 Å². The molecular weight excluding hydrogens is 366 g/mol. The lowest BCUT2D eigenvalue weighted by molar-refractivity contribution is -0.115. The van der Waals surface area contributed by atoms with Gasteiger partial charge in [-0.15, -0.1) is 0 Å². The zero-order chi connectivity index (χ0) is 15.9. The molecule has 22 heavy (non-hydrogen) atoms. The summed E-state index contributed by atoms with van der Waals surface area (Å²) in [5.41, 5.74) is 1.01. The molecule has 0 aliphatic carbocycles. The monoisotopic (exact) mass is 379 g/mol. The van der Waals surface area contributed by atoms with Crippen LogP contribution in [-0.2, 0) is 4.79 Å². The minimum absolute atomic E-state index is 0.137. The Bertz CT molecular complexity index is 677. The van der Waals surface area contributed by atoms with Crippen LogP contribution in [0.2, 0.25) is 0 Å². The van der Waals surface area contributed by atoms with Gasteiger partial charge in [0, 0.05) is 28.3 Å². The largest absolute Gasteiger partial charge is 0.326 e. The number of nitrogens with one attached hydrogen (secondary N) is 2. The molecule has 5 nitrogen and oxygen atoms in total. The predicted octanol–water partition coefficient (Wildman–Crippen LogP) is 3.35. The fourth-order valence-electron chi connectivity index (χ4n) is 1.70. The van der Waals surface area contributed by atoms with Crippen molar-refractivity contribution >= 4 is 51.9 Å². The lowest BCUT2D eigenvalue weighted by atomic mass is 10.2. The third-order valence-electron chi connectivity index (χ3n) is 2.72. The van der Waals surface area contributed by atoms with E-state index in [1.807, 2.05) is 0 Å². The Morgan fingerprint density at radius 3 is 2.68 bits per heavy atom. The van der Waals surface area contributed by atoms with Gasteiger partial charge in [-0.05, 0) is 52.0 Å². The van der Waals surface area contributed by atoms with Crippen molar-refractivity contribution in [1.82, 2.24) is 4.98 Å². The smallest absolute Gasteiger partial charge is 0.256 e. The first-order chi connectivity index (χ1) is 10.6. The molecule has 0 bridgehead atoms. The number of thiol groups is 1. The molecule has 0 aliphatic rings. The van der Waals surface area contributed by atoms with E-state index in [1.54, 1.807) is 42.6 Å². The van der Waals surface area contributed by atoms with Crippen LogP contribution in [0, 0.1) is 0 Å². The van der Waals surface area contributed by atoms with Crippen molar-refractivity contribution in [2.24, 2.45) is 0 Å². The second kappa shape index (κ2) is 7.95. The van der Waals surface area contributed by atoms with Crippen molar-refractivity contribution in [2.45, 2.75) is 6.42 Å². The van der Waals surface area contributed by atoms with Gasteiger partial charge in [0.05, 0.1) is 0 Å². The van der Waals surface area contributed by atoms with Gasteiger partial charge >= 0.3 is 0 Å². The van der Waals surface area contributed by atoms with E-state index in [-0.39, 0.29) is 11.8 Å². The molecule has 1 heterocycles. The lowest BCUT2D eigenvalue weighted by Gasteiger charge is -2.08. The van der Waals surface area contributed by atoms with Crippen LogP contribution in [0.4, 0.5) is 11.5 Å². The first-order valence-corrected chi connectivity index (χ1v) is 7.94. The Morgan fingerprint density at radius 1 is 1.18 bits per heavy atom. The van der Waals surface area contributed by atoms with Crippen molar-refractivity contribution in [3.05, 3.63) is 52.6 Å². The maximum atomic E-state index is 12.2. The maximum Gasteiger partial charge on any atom is 0.256 e. The van der Waals surface area contributed by atoms with Crippen molar-refractivity contribution in [1.29, 1.82) is 0 Å². The summed E-state index contributed by atoms with van der Waals surface area (Å²) in [6.07, 6.45) is 1.92. The molecule has 0 radical (unpaired) electrons. The summed E-state index contributed by atoms with van der Waals surface area (Å²) >= 11 is 7.29. The predicted molar refractivity (Wildman–Crippen MR) is 93.4 cm³/mol. The van der Waals surface area contributed by atoms with E-state index in [4.69, 9.17) is 0 Å². The van der Waals surface area contributed by atoms with Crippen molar-refractivity contribution in [2.75, 3.05) is 16.4 Å². The molecule has 0 saturated heterocycles. The molecule has 2 aromatic rings. The quantitative estimate of drug-likeness (QED) is 0.697. The number of rotatable bonds is 5. The molecule has 0 atom stereocenters. The third-order valence-corrected chi connectivity index (χ3v) is 3.41. The summed E-state index contributed by atoms with van der Waals surface area (Å²) < 4.78 is 0.833. The number of carbonyl (C=O) groups is 2. The van der Waals surface area contributed by atoms with Crippen LogP contribution < -0.4 is 10.6 Å². The molecule has 2 amide bonds. The van der Waals surface area contributed by atoms with E-state index in [2.05, 4.69) is 44.2 Å². The highest BCUT2D eigenvalue weighted by atomic mass is 79.9. The van der Waals surface area contributed by atoms with Crippen LogP contribution in [-0.4, -0.2) is 22.6 Å². The van der Waals surface area contributed by atoms with Gasteiger partial charge in [0.15, 0.2) is 0 Å². The fourth-order valence-corrected chi connectivity index (χ4v) is 2.14. The first kappa shape index (κ1) is 16.5. The number of pyridine rings is 1. The zero-order valence-electron chi connectivity index (χ0n) is 11.5. The highest BCUT2D eigenvalue weighted by Gasteiger charge is 2.08. The maximum absolute atomic E-state index is 12.2. The summed E-state index contributed by atoms with van der Waals surface area (Å²) in [5.74, 6) is 0.501. The van der Waals surface area contributed by atoms with Gasteiger partial charge in [0.1, 0.15) is 5.82 Å². The Morgan fingerprint density at radius 2 is 2.00 bits per heavy atom. The number of anilines is 2. The molecule has 1 aromatic heterocycles. The number of hydrogen-bond acceptors (Lipinski definition) is 4. The highest BCUT2D eigenvalue weighted by molar-refractivity contribution is 9.10. The normalized spacial score (nSPS) is 10.1. The van der Waals surface area contributed by atoms with E-state index in [1.165, 1.54) is 0 Å². The Labute approximate surface area is 142 Å². The zero-order valence-corrected chi connectivity index (χ0v) is 14.0. The van der Waals surface area contributed by atoms with Gasteiger partial charge in [-0.25, -0.2) is 4.98 Å².